The Labute approximate surface area is 119 Å². The minimum atomic E-state index is -0.473. The normalized spacial score (nSPS) is 25.6. The summed E-state index contributed by atoms with van der Waals surface area (Å²) >= 11 is 0. The number of ether oxygens (including phenoxy) is 2. The molecule has 3 rings (SSSR count). The van der Waals surface area contributed by atoms with Crippen LogP contribution in [0.5, 0.6) is 0 Å². The topological polar surface area (TPSA) is 35.5 Å². The van der Waals surface area contributed by atoms with Crippen molar-refractivity contribution < 1.29 is 14.3 Å². The molecule has 1 aliphatic heterocycles. The molecule has 20 heavy (non-hydrogen) atoms. The van der Waals surface area contributed by atoms with Gasteiger partial charge in [0.05, 0.1) is 13.2 Å². The van der Waals surface area contributed by atoms with Crippen LogP contribution < -0.4 is 0 Å². The number of hydrogen-bond donors (Lipinski definition) is 0. The van der Waals surface area contributed by atoms with E-state index < -0.39 is 5.79 Å². The van der Waals surface area contributed by atoms with Crippen molar-refractivity contribution in [3.05, 3.63) is 42.0 Å². The Hall–Kier alpha value is -1.45. The molecule has 3 nitrogen and oxygen atoms in total. The average Bonchev–Trinajstić information content (AvgIpc) is 2.92. The number of allylic oxidation sites excluding steroid dienone is 1. The van der Waals surface area contributed by atoms with E-state index in [2.05, 4.69) is 24.3 Å². The van der Waals surface area contributed by atoms with Crippen molar-refractivity contribution in [1.29, 1.82) is 0 Å². The fourth-order valence-electron chi connectivity index (χ4n) is 3.02. The Kier molecular flexibility index (Phi) is 3.99. The Bertz CT molecular complexity index is 486. The van der Waals surface area contributed by atoms with Gasteiger partial charge in [0.25, 0.3) is 0 Å². The molecule has 1 aromatic rings. The molecule has 0 amide bonds. The second-order valence-corrected chi connectivity index (χ2v) is 5.52. The first kappa shape index (κ1) is 13.5. The number of carbonyl (C=O) groups is 1. The maximum Gasteiger partial charge on any atom is 0.169 e. The van der Waals surface area contributed by atoms with Gasteiger partial charge in [-0.15, -0.1) is 0 Å². The molecule has 1 heterocycles. The molecule has 2 aliphatic rings. The van der Waals surface area contributed by atoms with Crippen LogP contribution in [-0.4, -0.2) is 24.8 Å². The van der Waals surface area contributed by atoms with Gasteiger partial charge < -0.3 is 9.47 Å². The molecular formula is C17H20O3. The fraction of sp³-hybridized carbons (Fsp3) is 0.471. The van der Waals surface area contributed by atoms with Crippen LogP contribution in [0.2, 0.25) is 0 Å². The number of hydrogen-bond acceptors (Lipinski definition) is 3. The van der Waals surface area contributed by atoms with Gasteiger partial charge in [-0.2, -0.15) is 0 Å². The van der Waals surface area contributed by atoms with E-state index in [1.54, 1.807) is 0 Å². The number of carbonyl (C=O) groups excluding carboxylic acids is 1. The summed E-state index contributed by atoms with van der Waals surface area (Å²) in [5.41, 5.74) is 1.17. The van der Waals surface area contributed by atoms with Crippen molar-refractivity contribution in [3.63, 3.8) is 0 Å². The van der Waals surface area contributed by atoms with E-state index in [9.17, 15) is 4.79 Å². The predicted molar refractivity (Wildman–Crippen MR) is 77.1 cm³/mol. The highest BCUT2D eigenvalue weighted by molar-refractivity contribution is 5.82. The first-order valence-electron chi connectivity index (χ1n) is 7.30. The highest BCUT2D eigenvalue weighted by atomic mass is 16.7. The predicted octanol–water partition coefficient (Wildman–Crippen LogP) is 3.20. The minimum Gasteiger partial charge on any atom is -0.347 e. The molecule has 1 spiro atoms. The summed E-state index contributed by atoms with van der Waals surface area (Å²) in [7, 11) is 0. The maximum atomic E-state index is 12.0. The number of ketones is 1. The zero-order chi connectivity index (χ0) is 13.8. The molecule has 0 radical (unpaired) electrons. The van der Waals surface area contributed by atoms with E-state index in [0.29, 0.717) is 38.3 Å². The summed E-state index contributed by atoms with van der Waals surface area (Å²) in [6.45, 7) is 1.31. The van der Waals surface area contributed by atoms with E-state index >= 15 is 0 Å². The summed E-state index contributed by atoms with van der Waals surface area (Å²) in [6.07, 6.45) is 6.92. The summed E-state index contributed by atoms with van der Waals surface area (Å²) in [4.78, 5) is 12.0. The zero-order valence-corrected chi connectivity index (χ0v) is 11.6. The van der Waals surface area contributed by atoms with Crippen LogP contribution in [0.1, 0.15) is 31.2 Å². The van der Waals surface area contributed by atoms with E-state index in [4.69, 9.17) is 9.47 Å². The van der Waals surface area contributed by atoms with Crippen LogP contribution >= 0.6 is 0 Å². The van der Waals surface area contributed by atoms with Gasteiger partial charge in [-0.1, -0.05) is 42.5 Å². The largest absolute Gasteiger partial charge is 0.347 e. The van der Waals surface area contributed by atoms with Crippen molar-refractivity contribution in [2.24, 2.45) is 5.92 Å². The Balaban J connectivity index is 1.61. The molecule has 1 aromatic carbocycles. The van der Waals surface area contributed by atoms with Crippen LogP contribution in [-0.2, 0) is 14.3 Å². The van der Waals surface area contributed by atoms with E-state index in [-0.39, 0.29) is 5.92 Å². The van der Waals surface area contributed by atoms with E-state index in [1.165, 1.54) is 5.56 Å². The maximum absolute atomic E-state index is 12.0. The van der Waals surface area contributed by atoms with Crippen molar-refractivity contribution in [2.75, 3.05) is 13.2 Å². The summed E-state index contributed by atoms with van der Waals surface area (Å²) < 4.78 is 11.5. The standard InChI is InChI=1S/C17H20O3/c18-16-9-10-17(19-11-12-20-17)13-15(16)8-4-7-14-5-2-1-3-6-14/h1-7,15H,8-13H2/b7-4+/t15-/m0/s1. The molecule has 1 saturated heterocycles. The van der Waals surface area contributed by atoms with Crippen LogP contribution in [0.25, 0.3) is 6.08 Å². The Morgan fingerprint density at radius 3 is 2.70 bits per heavy atom. The lowest BCUT2D eigenvalue weighted by Gasteiger charge is -2.34. The van der Waals surface area contributed by atoms with Crippen LogP contribution in [0.4, 0.5) is 0 Å². The first-order valence-corrected chi connectivity index (χ1v) is 7.30. The number of benzene rings is 1. The first-order chi connectivity index (χ1) is 9.77. The van der Waals surface area contributed by atoms with E-state index in [0.717, 1.165) is 6.42 Å². The van der Waals surface area contributed by atoms with Gasteiger partial charge in [0.2, 0.25) is 0 Å². The van der Waals surface area contributed by atoms with Crippen LogP contribution in [0.3, 0.4) is 0 Å². The SMILES string of the molecule is O=C1CCC2(C[C@@H]1C/C=C/c1ccccc1)OCCO2. The van der Waals surface area contributed by atoms with Crippen molar-refractivity contribution in [3.8, 4) is 0 Å². The highest BCUT2D eigenvalue weighted by Crippen LogP contribution is 2.38. The van der Waals surface area contributed by atoms with Crippen molar-refractivity contribution in [2.45, 2.75) is 31.5 Å². The molecule has 0 bridgehead atoms. The summed E-state index contributed by atoms with van der Waals surface area (Å²) in [5.74, 6) is -0.103. The molecule has 1 atom stereocenters. The third-order valence-electron chi connectivity index (χ3n) is 4.11. The fourth-order valence-corrected chi connectivity index (χ4v) is 3.02. The Morgan fingerprint density at radius 1 is 1.20 bits per heavy atom. The van der Waals surface area contributed by atoms with Gasteiger partial charge >= 0.3 is 0 Å². The molecular weight excluding hydrogens is 252 g/mol. The van der Waals surface area contributed by atoms with Gasteiger partial charge in [0.1, 0.15) is 5.78 Å². The molecule has 106 valence electrons. The third-order valence-corrected chi connectivity index (χ3v) is 4.11. The lowest BCUT2D eigenvalue weighted by Crippen LogP contribution is -2.40. The lowest BCUT2D eigenvalue weighted by molar-refractivity contribution is -0.188. The number of rotatable bonds is 3. The Morgan fingerprint density at radius 2 is 1.95 bits per heavy atom. The zero-order valence-electron chi connectivity index (χ0n) is 11.6. The van der Waals surface area contributed by atoms with Crippen LogP contribution in [0, 0.1) is 5.92 Å². The molecule has 0 aromatic heterocycles. The average molecular weight is 272 g/mol. The number of Topliss-reactive ketones (excluding diaryl/α,β-unsaturated/α-hetero) is 1. The van der Waals surface area contributed by atoms with E-state index in [1.807, 2.05) is 18.2 Å². The van der Waals surface area contributed by atoms with Gasteiger partial charge in [-0.3, -0.25) is 4.79 Å². The van der Waals surface area contributed by atoms with Gasteiger partial charge in [-0.05, 0) is 12.0 Å². The van der Waals surface area contributed by atoms with Gasteiger partial charge in [-0.25, -0.2) is 0 Å². The monoisotopic (exact) mass is 272 g/mol. The highest BCUT2D eigenvalue weighted by Gasteiger charge is 2.44. The minimum absolute atomic E-state index is 0.0295. The second kappa shape index (κ2) is 5.90. The smallest absolute Gasteiger partial charge is 0.169 e. The quantitative estimate of drug-likeness (QED) is 0.847. The van der Waals surface area contributed by atoms with Crippen LogP contribution in [0.15, 0.2) is 36.4 Å². The summed E-state index contributed by atoms with van der Waals surface area (Å²) in [5, 5.41) is 0. The van der Waals surface area contributed by atoms with Crippen molar-refractivity contribution >= 4 is 11.9 Å². The summed E-state index contributed by atoms with van der Waals surface area (Å²) in [6, 6.07) is 10.1. The second-order valence-electron chi connectivity index (χ2n) is 5.52. The molecule has 2 fully saturated rings. The molecule has 1 saturated carbocycles. The molecule has 0 unspecified atom stereocenters. The van der Waals surface area contributed by atoms with Crippen molar-refractivity contribution in [1.82, 2.24) is 0 Å². The third kappa shape index (κ3) is 3.00. The van der Waals surface area contributed by atoms with Gasteiger partial charge in [0.15, 0.2) is 5.79 Å². The molecule has 1 aliphatic carbocycles. The molecule has 0 N–H and O–H groups in total. The molecule has 3 heteroatoms. The van der Waals surface area contributed by atoms with Gasteiger partial charge in [0, 0.05) is 25.2 Å². The lowest BCUT2D eigenvalue weighted by atomic mass is 9.81.